The fourth-order valence-corrected chi connectivity index (χ4v) is 3.44. The van der Waals surface area contributed by atoms with Gasteiger partial charge in [0.05, 0.1) is 12.0 Å². The van der Waals surface area contributed by atoms with E-state index >= 15 is 0 Å². The molecule has 120 valence electrons. The molecular formula is C16H28N2O3. The molecule has 5 heteroatoms. The van der Waals surface area contributed by atoms with Crippen molar-refractivity contribution >= 4 is 11.9 Å². The predicted octanol–water partition coefficient (Wildman–Crippen LogP) is 1.97. The Balaban J connectivity index is 1.87. The molecule has 0 aromatic heterocycles. The average Bonchev–Trinajstić information content (AvgIpc) is 2.37. The molecule has 1 unspecified atom stereocenters. The molecule has 0 bridgehead atoms. The van der Waals surface area contributed by atoms with E-state index in [9.17, 15) is 14.7 Å². The lowest BCUT2D eigenvalue weighted by Crippen LogP contribution is -2.50. The molecule has 0 aromatic rings. The van der Waals surface area contributed by atoms with E-state index in [1.54, 1.807) is 6.92 Å². The molecule has 0 aliphatic carbocycles. The van der Waals surface area contributed by atoms with E-state index < -0.39 is 11.4 Å². The molecule has 2 saturated heterocycles. The summed E-state index contributed by atoms with van der Waals surface area (Å²) in [5.74, 6) is -0.572. The second kappa shape index (κ2) is 7.25. The average molecular weight is 296 g/mol. The molecule has 1 atom stereocenters. The Kier molecular flexibility index (Phi) is 5.62. The van der Waals surface area contributed by atoms with Crippen molar-refractivity contribution in [3.8, 4) is 0 Å². The third-order valence-corrected chi connectivity index (χ3v) is 4.86. The van der Waals surface area contributed by atoms with Crippen molar-refractivity contribution in [1.29, 1.82) is 0 Å². The molecule has 2 aliphatic heterocycles. The van der Waals surface area contributed by atoms with E-state index in [4.69, 9.17) is 0 Å². The molecule has 0 radical (unpaired) electrons. The number of rotatable bonds is 3. The van der Waals surface area contributed by atoms with Gasteiger partial charge in [0.2, 0.25) is 5.91 Å². The number of likely N-dealkylation sites (tertiary alicyclic amines) is 2. The van der Waals surface area contributed by atoms with Gasteiger partial charge in [-0.25, -0.2) is 0 Å². The first kappa shape index (κ1) is 16.3. The van der Waals surface area contributed by atoms with Gasteiger partial charge in [-0.1, -0.05) is 19.3 Å². The maximum Gasteiger partial charge on any atom is 0.310 e. The van der Waals surface area contributed by atoms with Gasteiger partial charge in [0.25, 0.3) is 0 Å². The third kappa shape index (κ3) is 4.43. The summed E-state index contributed by atoms with van der Waals surface area (Å²) in [7, 11) is 0. The minimum Gasteiger partial charge on any atom is -0.481 e. The van der Waals surface area contributed by atoms with Crippen molar-refractivity contribution in [2.45, 2.75) is 51.9 Å². The number of aliphatic carboxylic acids is 1. The van der Waals surface area contributed by atoms with Crippen LogP contribution in [-0.4, -0.2) is 59.5 Å². The van der Waals surface area contributed by atoms with Crippen LogP contribution in [-0.2, 0) is 9.59 Å². The lowest BCUT2D eigenvalue weighted by molar-refractivity contribution is -0.152. The van der Waals surface area contributed by atoms with E-state index in [-0.39, 0.29) is 5.91 Å². The van der Waals surface area contributed by atoms with Crippen molar-refractivity contribution in [2.24, 2.45) is 5.41 Å². The van der Waals surface area contributed by atoms with Gasteiger partial charge in [0, 0.05) is 19.6 Å². The molecule has 2 fully saturated rings. The number of carboxylic acid groups (broad SMARTS) is 1. The van der Waals surface area contributed by atoms with Gasteiger partial charge in [-0.3, -0.25) is 14.5 Å². The number of carbonyl (C=O) groups is 2. The number of piperidine rings is 1. The zero-order valence-electron chi connectivity index (χ0n) is 13.1. The topological polar surface area (TPSA) is 60.9 Å². The van der Waals surface area contributed by atoms with E-state index in [2.05, 4.69) is 0 Å². The van der Waals surface area contributed by atoms with Crippen LogP contribution in [0.25, 0.3) is 0 Å². The maximum atomic E-state index is 12.4. The van der Waals surface area contributed by atoms with E-state index in [1.807, 2.05) is 9.80 Å². The minimum atomic E-state index is -0.745. The van der Waals surface area contributed by atoms with Gasteiger partial charge in [0.15, 0.2) is 0 Å². The highest BCUT2D eigenvalue weighted by Gasteiger charge is 2.38. The number of amides is 1. The summed E-state index contributed by atoms with van der Waals surface area (Å²) in [6, 6.07) is 0. The summed E-state index contributed by atoms with van der Waals surface area (Å²) in [6.07, 6.45) is 7.46. The second-order valence-electron chi connectivity index (χ2n) is 6.83. The molecule has 2 aliphatic rings. The number of carboxylic acids is 1. The van der Waals surface area contributed by atoms with Crippen molar-refractivity contribution in [3.05, 3.63) is 0 Å². The summed E-state index contributed by atoms with van der Waals surface area (Å²) < 4.78 is 0. The highest BCUT2D eigenvalue weighted by Crippen LogP contribution is 2.29. The Morgan fingerprint density at radius 2 is 1.62 bits per heavy atom. The van der Waals surface area contributed by atoms with Crippen LogP contribution in [0.15, 0.2) is 0 Å². The van der Waals surface area contributed by atoms with Gasteiger partial charge in [-0.15, -0.1) is 0 Å². The van der Waals surface area contributed by atoms with Crippen molar-refractivity contribution in [1.82, 2.24) is 9.80 Å². The van der Waals surface area contributed by atoms with E-state index in [0.29, 0.717) is 19.5 Å². The molecule has 1 N–H and O–H groups in total. The Morgan fingerprint density at radius 1 is 1.00 bits per heavy atom. The van der Waals surface area contributed by atoms with Crippen LogP contribution in [0.3, 0.4) is 0 Å². The highest BCUT2D eigenvalue weighted by atomic mass is 16.4. The first-order valence-corrected chi connectivity index (χ1v) is 8.25. The fraction of sp³-hybridized carbons (Fsp3) is 0.875. The van der Waals surface area contributed by atoms with Crippen LogP contribution in [0.2, 0.25) is 0 Å². The maximum absolute atomic E-state index is 12.4. The van der Waals surface area contributed by atoms with Gasteiger partial charge in [0.1, 0.15) is 0 Å². The van der Waals surface area contributed by atoms with Crippen LogP contribution < -0.4 is 0 Å². The summed E-state index contributed by atoms with van der Waals surface area (Å²) in [6.45, 7) is 5.22. The Labute approximate surface area is 127 Å². The van der Waals surface area contributed by atoms with Gasteiger partial charge in [-0.05, 0) is 39.2 Å². The SMILES string of the molecule is CC1(C(=O)O)CCCN(CC(=O)N2CCCCCCC2)C1. The Morgan fingerprint density at radius 3 is 2.24 bits per heavy atom. The van der Waals surface area contributed by atoms with Crippen molar-refractivity contribution in [3.63, 3.8) is 0 Å². The smallest absolute Gasteiger partial charge is 0.310 e. The predicted molar refractivity (Wildman–Crippen MR) is 81.1 cm³/mol. The molecule has 2 rings (SSSR count). The van der Waals surface area contributed by atoms with Crippen LogP contribution in [0.1, 0.15) is 51.9 Å². The second-order valence-corrected chi connectivity index (χ2v) is 6.83. The lowest BCUT2D eigenvalue weighted by atomic mass is 9.82. The summed E-state index contributed by atoms with van der Waals surface area (Å²) >= 11 is 0. The fourth-order valence-electron chi connectivity index (χ4n) is 3.44. The van der Waals surface area contributed by atoms with Crippen molar-refractivity contribution < 1.29 is 14.7 Å². The Hall–Kier alpha value is -1.10. The summed E-state index contributed by atoms with van der Waals surface area (Å²) in [5, 5.41) is 9.34. The standard InChI is InChI=1S/C16H28N2O3/c1-16(15(20)21)8-7-9-17(13-16)12-14(19)18-10-5-3-2-4-6-11-18/h2-13H2,1H3,(H,20,21). The van der Waals surface area contributed by atoms with Gasteiger partial charge in [-0.2, -0.15) is 0 Å². The first-order chi connectivity index (χ1) is 10.0. The van der Waals surface area contributed by atoms with E-state index in [0.717, 1.165) is 38.9 Å². The van der Waals surface area contributed by atoms with Gasteiger partial charge >= 0.3 is 5.97 Å². The normalized spacial score (nSPS) is 28.7. The molecule has 2 heterocycles. The molecule has 0 saturated carbocycles. The molecule has 1 amide bonds. The van der Waals surface area contributed by atoms with Crippen molar-refractivity contribution in [2.75, 3.05) is 32.7 Å². The molecule has 0 aromatic carbocycles. The van der Waals surface area contributed by atoms with Gasteiger partial charge < -0.3 is 10.0 Å². The number of nitrogens with zero attached hydrogens (tertiary/aromatic N) is 2. The summed E-state index contributed by atoms with van der Waals surface area (Å²) in [5.41, 5.74) is -0.700. The summed E-state index contributed by atoms with van der Waals surface area (Å²) in [4.78, 5) is 27.8. The molecule has 21 heavy (non-hydrogen) atoms. The zero-order valence-corrected chi connectivity index (χ0v) is 13.1. The number of hydrogen-bond donors (Lipinski definition) is 1. The number of carbonyl (C=O) groups excluding carboxylic acids is 1. The van der Waals surface area contributed by atoms with Crippen LogP contribution in [0.5, 0.6) is 0 Å². The Bertz CT molecular complexity index is 378. The quantitative estimate of drug-likeness (QED) is 0.865. The van der Waals surface area contributed by atoms with Crippen LogP contribution in [0.4, 0.5) is 0 Å². The first-order valence-electron chi connectivity index (χ1n) is 8.25. The molecule has 5 nitrogen and oxygen atoms in total. The van der Waals surface area contributed by atoms with E-state index in [1.165, 1.54) is 19.3 Å². The lowest BCUT2D eigenvalue weighted by Gasteiger charge is -2.38. The minimum absolute atomic E-state index is 0.173. The third-order valence-electron chi connectivity index (χ3n) is 4.86. The highest BCUT2D eigenvalue weighted by molar-refractivity contribution is 5.79. The zero-order chi connectivity index (χ0) is 15.3. The number of hydrogen-bond acceptors (Lipinski definition) is 3. The monoisotopic (exact) mass is 296 g/mol. The molecular weight excluding hydrogens is 268 g/mol. The largest absolute Gasteiger partial charge is 0.481 e. The van der Waals surface area contributed by atoms with Crippen LogP contribution >= 0.6 is 0 Å². The van der Waals surface area contributed by atoms with Crippen LogP contribution in [0, 0.1) is 5.41 Å². The molecule has 0 spiro atoms.